The van der Waals surface area contributed by atoms with E-state index in [2.05, 4.69) is 223 Å². The number of benzene rings is 10. The van der Waals surface area contributed by atoms with Crippen molar-refractivity contribution in [2.24, 2.45) is 0 Å². The van der Waals surface area contributed by atoms with Crippen LogP contribution in [-0.4, -0.2) is 9.55 Å². The first-order chi connectivity index (χ1) is 29.8. The van der Waals surface area contributed by atoms with Crippen molar-refractivity contribution >= 4 is 64.8 Å². The molecular weight excluding hydrogens is 745 g/mol. The maximum atomic E-state index is 5.52. The van der Waals surface area contributed by atoms with Crippen molar-refractivity contribution < 1.29 is 0 Å². The van der Waals surface area contributed by atoms with E-state index in [9.17, 15) is 0 Å². The molecule has 0 aliphatic rings. The lowest BCUT2D eigenvalue weighted by molar-refractivity contribution is 1.11. The predicted octanol–water partition coefficient (Wildman–Crippen LogP) is 16.0. The maximum absolute atomic E-state index is 5.52. The molecule has 0 atom stereocenters. The van der Waals surface area contributed by atoms with Crippen LogP contribution in [0.25, 0.3) is 114 Å². The average Bonchev–Trinajstić information content (AvgIpc) is 3.94. The van der Waals surface area contributed by atoms with Crippen LogP contribution in [-0.2, 0) is 0 Å². The quantitative estimate of drug-likeness (QED) is 0.154. The van der Waals surface area contributed by atoms with Crippen LogP contribution in [0.3, 0.4) is 0 Å². The maximum Gasteiger partial charge on any atom is 0.145 e. The van der Waals surface area contributed by atoms with Gasteiger partial charge in [0.05, 0.1) is 11.0 Å². The minimum Gasteiger partial charge on any atom is -0.292 e. The molecule has 2 nitrogen and oxygen atoms in total. The first-order valence-electron chi connectivity index (χ1n) is 20.5. The number of imidazole rings is 1. The number of thiophene rings is 1. The van der Waals surface area contributed by atoms with Crippen LogP contribution < -0.4 is 0 Å². The van der Waals surface area contributed by atoms with Crippen molar-refractivity contribution in [3.8, 4) is 60.9 Å². The Morgan fingerprint density at radius 3 is 1.40 bits per heavy atom. The van der Waals surface area contributed by atoms with Gasteiger partial charge in [-0.05, 0) is 61.5 Å². The summed E-state index contributed by atoms with van der Waals surface area (Å²) in [4.78, 5) is 6.78. The molecule has 0 aliphatic heterocycles. The molecule has 2 heterocycles. The third-order valence-corrected chi connectivity index (χ3v) is 13.2. The first kappa shape index (κ1) is 34.5. The third-order valence-electron chi connectivity index (χ3n) is 12.0. The summed E-state index contributed by atoms with van der Waals surface area (Å²) >= 11 is 1.90. The van der Waals surface area contributed by atoms with Crippen LogP contribution in [0.1, 0.15) is 0 Å². The number of nitrogens with zero attached hydrogens (tertiary/aromatic N) is 2. The standard InChI is InChI=1S/C57H36N2S/c1-5-19-37(20-6-1)49-45-29-15-16-30-46(45)52-51(39-23-9-3-10-24-39)55(60-56(52)50(49)38-21-7-2-8-22-38)40-33-35-41(36-34-40)57-58-53-47-31-17-13-27-43(47)44-28-14-18-32-48(44)54(53)59(57)42-25-11-4-12-26-42/h1-36H. The van der Waals surface area contributed by atoms with Gasteiger partial charge >= 0.3 is 0 Å². The summed E-state index contributed by atoms with van der Waals surface area (Å²) < 4.78 is 3.65. The Labute approximate surface area is 351 Å². The van der Waals surface area contributed by atoms with Crippen molar-refractivity contribution in [2.45, 2.75) is 0 Å². The van der Waals surface area contributed by atoms with Gasteiger partial charge in [0.1, 0.15) is 5.82 Å². The van der Waals surface area contributed by atoms with E-state index in [1.54, 1.807) is 0 Å². The molecule has 3 heteroatoms. The van der Waals surface area contributed by atoms with E-state index >= 15 is 0 Å². The highest BCUT2D eigenvalue weighted by atomic mass is 32.1. The Kier molecular flexibility index (Phi) is 8.07. The smallest absolute Gasteiger partial charge is 0.145 e. The van der Waals surface area contributed by atoms with Gasteiger partial charge in [0.2, 0.25) is 0 Å². The summed E-state index contributed by atoms with van der Waals surface area (Å²) in [5, 5.41) is 8.62. The summed E-state index contributed by atoms with van der Waals surface area (Å²) in [6.07, 6.45) is 0. The molecule has 10 aromatic carbocycles. The highest BCUT2D eigenvalue weighted by Gasteiger charge is 2.26. The predicted molar refractivity (Wildman–Crippen MR) is 256 cm³/mol. The molecule has 280 valence electrons. The number of rotatable bonds is 6. The molecule has 0 spiro atoms. The lowest BCUT2D eigenvalue weighted by atomic mass is 9.86. The average molecular weight is 781 g/mol. The molecule has 0 bridgehead atoms. The van der Waals surface area contributed by atoms with Gasteiger partial charge in [0, 0.05) is 48.1 Å². The van der Waals surface area contributed by atoms with Crippen molar-refractivity contribution in [3.63, 3.8) is 0 Å². The fourth-order valence-electron chi connectivity index (χ4n) is 9.40. The molecule has 0 saturated heterocycles. The fraction of sp³-hybridized carbons (Fsp3) is 0. The molecule has 12 aromatic rings. The van der Waals surface area contributed by atoms with E-state index in [4.69, 9.17) is 4.98 Å². The van der Waals surface area contributed by atoms with E-state index in [0.717, 1.165) is 33.5 Å². The van der Waals surface area contributed by atoms with E-state index < -0.39 is 0 Å². The Hall–Kier alpha value is -7.59. The van der Waals surface area contributed by atoms with Crippen LogP contribution in [0.5, 0.6) is 0 Å². The molecule has 0 radical (unpaired) electrons. The monoisotopic (exact) mass is 780 g/mol. The summed E-state index contributed by atoms with van der Waals surface area (Å²) in [5.74, 6) is 0.925. The summed E-state index contributed by atoms with van der Waals surface area (Å²) in [7, 11) is 0. The molecule has 0 saturated carbocycles. The molecular formula is C57H36N2S. The molecule has 0 N–H and O–H groups in total. The van der Waals surface area contributed by atoms with E-state index in [0.29, 0.717) is 0 Å². The number of hydrogen-bond donors (Lipinski definition) is 0. The zero-order valence-corrected chi connectivity index (χ0v) is 33.4. The third kappa shape index (κ3) is 5.37. The molecule has 0 fully saturated rings. The van der Waals surface area contributed by atoms with Crippen LogP contribution in [0.2, 0.25) is 0 Å². The lowest BCUT2D eigenvalue weighted by Gasteiger charge is -2.17. The SMILES string of the molecule is c1ccc(-c2c(-c3ccccc3)c3sc(-c4ccc(-c5nc6c7ccccc7c7ccccc7c6n5-c5ccccc5)cc4)c(-c4ccccc4)c3c3ccccc23)cc1. The Bertz CT molecular complexity index is 3550. The summed E-state index contributed by atoms with van der Waals surface area (Å²) in [5.41, 5.74) is 12.9. The normalized spacial score (nSPS) is 11.7. The second-order valence-electron chi connectivity index (χ2n) is 15.4. The number of fused-ring (bicyclic) bond motifs is 9. The molecule has 60 heavy (non-hydrogen) atoms. The highest BCUT2D eigenvalue weighted by molar-refractivity contribution is 7.24. The molecule has 2 aromatic heterocycles. The van der Waals surface area contributed by atoms with Crippen molar-refractivity contribution in [1.29, 1.82) is 0 Å². The van der Waals surface area contributed by atoms with Crippen molar-refractivity contribution in [3.05, 3.63) is 218 Å². The Morgan fingerprint density at radius 1 is 0.333 bits per heavy atom. The topological polar surface area (TPSA) is 17.8 Å². The number of para-hydroxylation sites is 1. The van der Waals surface area contributed by atoms with E-state index in [1.807, 2.05) is 11.3 Å². The molecule has 0 amide bonds. The van der Waals surface area contributed by atoms with Crippen LogP contribution >= 0.6 is 11.3 Å². The first-order valence-corrected chi connectivity index (χ1v) is 21.3. The number of hydrogen-bond acceptors (Lipinski definition) is 2. The second-order valence-corrected chi connectivity index (χ2v) is 16.4. The zero-order chi connectivity index (χ0) is 39.6. The van der Waals surface area contributed by atoms with Gasteiger partial charge in [-0.1, -0.05) is 206 Å². The van der Waals surface area contributed by atoms with E-state index in [1.165, 1.54) is 80.8 Å². The van der Waals surface area contributed by atoms with Crippen LogP contribution in [0.4, 0.5) is 0 Å². The summed E-state index contributed by atoms with van der Waals surface area (Å²) in [6.45, 7) is 0. The van der Waals surface area contributed by atoms with E-state index in [-0.39, 0.29) is 0 Å². The largest absolute Gasteiger partial charge is 0.292 e. The van der Waals surface area contributed by atoms with Crippen LogP contribution in [0.15, 0.2) is 218 Å². The molecule has 12 rings (SSSR count). The van der Waals surface area contributed by atoms with Gasteiger partial charge in [-0.15, -0.1) is 11.3 Å². The minimum absolute atomic E-state index is 0.925. The molecule has 0 aliphatic carbocycles. The highest BCUT2D eigenvalue weighted by Crippen LogP contribution is 2.54. The van der Waals surface area contributed by atoms with Gasteiger partial charge in [0.25, 0.3) is 0 Å². The summed E-state index contributed by atoms with van der Waals surface area (Å²) in [6, 6.07) is 79.0. The Morgan fingerprint density at radius 2 is 0.783 bits per heavy atom. The molecule has 0 unspecified atom stereocenters. The van der Waals surface area contributed by atoms with Gasteiger partial charge in [-0.25, -0.2) is 4.98 Å². The van der Waals surface area contributed by atoms with Crippen molar-refractivity contribution in [2.75, 3.05) is 0 Å². The lowest BCUT2D eigenvalue weighted by Crippen LogP contribution is -1.98. The number of aromatic nitrogens is 2. The van der Waals surface area contributed by atoms with Gasteiger partial charge in [0.15, 0.2) is 0 Å². The minimum atomic E-state index is 0.925. The van der Waals surface area contributed by atoms with Crippen LogP contribution in [0, 0.1) is 0 Å². The van der Waals surface area contributed by atoms with Crippen molar-refractivity contribution in [1.82, 2.24) is 9.55 Å². The van der Waals surface area contributed by atoms with Gasteiger partial charge < -0.3 is 0 Å². The fourth-order valence-corrected chi connectivity index (χ4v) is 10.8. The second kappa shape index (κ2) is 14.1. The van der Waals surface area contributed by atoms with Gasteiger partial charge in [-0.2, -0.15) is 0 Å². The zero-order valence-electron chi connectivity index (χ0n) is 32.6. The van der Waals surface area contributed by atoms with Gasteiger partial charge in [-0.3, -0.25) is 4.57 Å². The Balaban J connectivity index is 1.14.